The highest BCUT2D eigenvalue weighted by Gasteiger charge is 2.16. The van der Waals surface area contributed by atoms with E-state index in [1.54, 1.807) is 12.1 Å². The van der Waals surface area contributed by atoms with E-state index < -0.39 is 15.1 Å². The molecule has 0 aliphatic carbocycles. The number of aromatic nitrogens is 2. The van der Waals surface area contributed by atoms with Crippen LogP contribution in [-0.4, -0.2) is 43.9 Å². The molecule has 0 atom stereocenters. The van der Waals surface area contributed by atoms with Crippen molar-refractivity contribution in [2.75, 3.05) is 19.4 Å². The summed E-state index contributed by atoms with van der Waals surface area (Å²) < 4.78 is 32.7. The van der Waals surface area contributed by atoms with Gasteiger partial charge in [-0.15, -0.1) is 5.10 Å². The van der Waals surface area contributed by atoms with Crippen molar-refractivity contribution < 1.29 is 22.4 Å². The number of amides is 1. The van der Waals surface area contributed by atoms with Crippen LogP contribution < -0.4 is 10.1 Å². The van der Waals surface area contributed by atoms with Gasteiger partial charge in [0.2, 0.25) is 15.7 Å². The smallest absolute Gasteiger partial charge is 0.335 e. The van der Waals surface area contributed by atoms with Crippen LogP contribution >= 0.6 is 23.2 Å². The van der Waals surface area contributed by atoms with E-state index in [0.29, 0.717) is 35.2 Å². The maximum absolute atomic E-state index is 11.7. The van der Waals surface area contributed by atoms with Gasteiger partial charge < -0.3 is 14.5 Å². The number of carbonyl (C=O) groups is 1. The lowest BCUT2D eigenvalue weighted by Gasteiger charge is -2.08. The number of rotatable bonds is 8. The molecule has 2 aromatic rings. The van der Waals surface area contributed by atoms with Gasteiger partial charge in [0.15, 0.2) is 6.61 Å². The summed E-state index contributed by atoms with van der Waals surface area (Å²) in [5.41, 5.74) is 0. The number of carbonyl (C=O) groups excluding carboxylic acids is 1. The molecule has 11 heteroatoms. The fourth-order valence-corrected chi connectivity index (χ4v) is 2.64. The van der Waals surface area contributed by atoms with Crippen LogP contribution in [0.5, 0.6) is 5.75 Å². The van der Waals surface area contributed by atoms with E-state index in [4.69, 9.17) is 32.4 Å². The van der Waals surface area contributed by atoms with Gasteiger partial charge in [-0.3, -0.25) is 4.79 Å². The second-order valence-electron chi connectivity index (χ2n) is 5.05. The van der Waals surface area contributed by atoms with Crippen LogP contribution in [0.3, 0.4) is 0 Å². The van der Waals surface area contributed by atoms with Crippen molar-refractivity contribution in [1.29, 1.82) is 0 Å². The standard InChI is InChI=1S/C14H15Cl2N3O5S/c1-25(21,22)14-19-18-13(24-14)3-2-6-17-12(20)8-23-11-5-4-9(15)7-10(11)16/h4-5,7H,2-3,6,8H2,1H3,(H,17,20). The number of ether oxygens (including phenoxy) is 1. The first kappa shape index (κ1) is 19.5. The van der Waals surface area contributed by atoms with Gasteiger partial charge in [-0.05, 0) is 24.6 Å². The molecule has 1 aromatic heterocycles. The van der Waals surface area contributed by atoms with Crippen LogP contribution in [0.4, 0.5) is 0 Å². The first-order valence-electron chi connectivity index (χ1n) is 7.12. The number of hydrogen-bond acceptors (Lipinski definition) is 7. The molecule has 0 saturated carbocycles. The number of hydrogen-bond donors (Lipinski definition) is 1. The van der Waals surface area contributed by atoms with Gasteiger partial charge in [0.25, 0.3) is 5.91 Å². The van der Waals surface area contributed by atoms with Crippen molar-refractivity contribution >= 4 is 38.9 Å². The maximum atomic E-state index is 11.7. The molecule has 2 rings (SSSR count). The Morgan fingerprint density at radius 2 is 2.08 bits per heavy atom. The molecule has 1 heterocycles. The van der Waals surface area contributed by atoms with Crippen molar-refractivity contribution in [3.05, 3.63) is 34.1 Å². The van der Waals surface area contributed by atoms with Gasteiger partial charge >= 0.3 is 5.22 Å². The Labute approximate surface area is 154 Å². The summed E-state index contributed by atoms with van der Waals surface area (Å²) in [4.78, 5) is 11.7. The number of nitrogens with zero attached hydrogens (tertiary/aromatic N) is 2. The van der Waals surface area contributed by atoms with E-state index in [0.717, 1.165) is 6.26 Å². The monoisotopic (exact) mass is 407 g/mol. The minimum atomic E-state index is -3.51. The molecule has 1 N–H and O–H groups in total. The lowest BCUT2D eigenvalue weighted by atomic mass is 10.3. The van der Waals surface area contributed by atoms with E-state index >= 15 is 0 Å². The van der Waals surface area contributed by atoms with Crippen LogP contribution in [0.1, 0.15) is 12.3 Å². The van der Waals surface area contributed by atoms with Crippen molar-refractivity contribution in [2.24, 2.45) is 0 Å². The molecule has 0 radical (unpaired) electrons. The quantitative estimate of drug-likeness (QED) is 0.664. The third kappa shape index (κ3) is 6.18. The molecule has 1 aromatic carbocycles. The van der Waals surface area contributed by atoms with Gasteiger partial charge in [-0.25, -0.2) is 8.42 Å². The van der Waals surface area contributed by atoms with Crippen LogP contribution in [0.2, 0.25) is 10.0 Å². The number of sulfone groups is 1. The number of aryl methyl sites for hydroxylation is 1. The van der Waals surface area contributed by atoms with Gasteiger partial charge in [0.1, 0.15) is 5.75 Å². The van der Waals surface area contributed by atoms with Crippen LogP contribution in [-0.2, 0) is 21.1 Å². The third-order valence-electron chi connectivity index (χ3n) is 2.91. The number of benzene rings is 1. The molecule has 25 heavy (non-hydrogen) atoms. The summed E-state index contributed by atoms with van der Waals surface area (Å²) in [6.45, 7) is 0.146. The molecule has 136 valence electrons. The van der Waals surface area contributed by atoms with E-state index in [9.17, 15) is 13.2 Å². The Morgan fingerprint density at radius 1 is 1.32 bits per heavy atom. The lowest BCUT2D eigenvalue weighted by molar-refractivity contribution is -0.123. The maximum Gasteiger partial charge on any atom is 0.335 e. The fourth-order valence-electron chi connectivity index (χ4n) is 1.74. The van der Waals surface area contributed by atoms with Crippen molar-refractivity contribution in [3.63, 3.8) is 0 Å². The second kappa shape index (κ2) is 8.50. The van der Waals surface area contributed by atoms with E-state index in [2.05, 4.69) is 15.5 Å². The highest BCUT2D eigenvalue weighted by Crippen LogP contribution is 2.27. The van der Waals surface area contributed by atoms with Gasteiger partial charge in [0.05, 0.1) is 5.02 Å². The SMILES string of the molecule is CS(=O)(=O)c1nnc(CCCNC(=O)COc2ccc(Cl)cc2Cl)o1. The number of halogens is 2. The zero-order chi connectivity index (χ0) is 18.4. The Bertz CT molecular complexity index is 854. The number of nitrogens with one attached hydrogen (secondary N) is 1. The first-order chi connectivity index (χ1) is 11.8. The average Bonchev–Trinajstić information content (AvgIpc) is 3.00. The molecule has 0 spiro atoms. The highest BCUT2D eigenvalue weighted by molar-refractivity contribution is 7.90. The first-order valence-corrected chi connectivity index (χ1v) is 9.77. The van der Waals surface area contributed by atoms with Gasteiger partial charge in [-0.2, -0.15) is 0 Å². The molecule has 0 aliphatic heterocycles. The molecular formula is C14H15Cl2N3O5S. The van der Waals surface area contributed by atoms with Gasteiger partial charge in [-0.1, -0.05) is 28.3 Å². The minimum Gasteiger partial charge on any atom is -0.482 e. The van der Waals surface area contributed by atoms with Gasteiger partial charge in [0, 0.05) is 24.2 Å². The average molecular weight is 408 g/mol. The molecule has 0 aliphatic rings. The van der Waals surface area contributed by atoms with E-state index in [-0.39, 0.29) is 18.4 Å². The fraction of sp³-hybridized carbons (Fsp3) is 0.357. The normalized spacial score (nSPS) is 11.3. The zero-order valence-electron chi connectivity index (χ0n) is 13.2. The van der Waals surface area contributed by atoms with E-state index in [1.807, 2.05) is 0 Å². The topological polar surface area (TPSA) is 111 Å². The van der Waals surface area contributed by atoms with Crippen molar-refractivity contribution in [1.82, 2.24) is 15.5 Å². The van der Waals surface area contributed by atoms with Crippen molar-refractivity contribution in [2.45, 2.75) is 18.1 Å². The Kier molecular flexibility index (Phi) is 6.63. The summed E-state index contributed by atoms with van der Waals surface area (Å²) in [6, 6.07) is 4.70. The molecule has 0 bridgehead atoms. The predicted molar refractivity (Wildman–Crippen MR) is 90.7 cm³/mol. The summed E-state index contributed by atoms with van der Waals surface area (Å²) in [5.74, 6) is 0.229. The molecule has 1 amide bonds. The summed E-state index contributed by atoms with van der Waals surface area (Å²) >= 11 is 11.7. The Morgan fingerprint density at radius 3 is 2.72 bits per heavy atom. The predicted octanol–water partition coefficient (Wildman–Crippen LogP) is 1.91. The molecular weight excluding hydrogens is 393 g/mol. The summed E-state index contributed by atoms with van der Waals surface area (Å²) in [5, 5.41) is 10.1. The Hall–Kier alpha value is -1.84. The largest absolute Gasteiger partial charge is 0.482 e. The van der Waals surface area contributed by atoms with Crippen molar-refractivity contribution in [3.8, 4) is 5.75 Å². The molecule has 8 nitrogen and oxygen atoms in total. The second-order valence-corrected chi connectivity index (χ2v) is 7.79. The molecule has 0 unspecified atom stereocenters. The van der Waals surface area contributed by atoms with Crippen LogP contribution in [0, 0.1) is 0 Å². The third-order valence-corrected chi connectivity index (χ3v) is 4.24. The lowest BCUT2D eigenvalue weighted by Crippen LogP contribution is -2.30. The van der Waals surface area contributed by atoms with Crippen LogP contribution in [0.25, 0.3) is 0 Å². The Balaban J connectivity index is 1.69. The van der Waals surface area contributed by atoms with E-state index in [1.165, 1.54) is 6.07 Å². The van der Waals surface area contributed by atoms with Crippen LogP contribution in [0.15, 0.2) is 27.8 Å². The molecule has 0 saturated heterocycles. The summed E-state index contributed by atoms with van der Waals surface area (Å²) in [7, 11) is -3.51. The highest BCUT2D eigenvalue weighted by atomic mass is 35.5. The minimum absolute atomic E-state index is 0.193. The zero-order valence-corrected chi connectivity index (χ0v) is 15.5. The summed E-state index contributed by atoms with van der Waals surface area (Å²) in [6.07, 6.45) is 1.82. The molecule has 0 fully saturated rings.